The van der Waals surface area contributed by atoms with Crippen molar-refractivity contribution in [1.82, 2.24) is 15.1 Å². The molecule has 10 nitrogen and oxygen atoms in total. The molecule has 10 heteroatoms. The Morgan fingerprint density at radius 3 is 2.31 bits per heavy atom. The van der Waals surface area contributed by atoms with E-state index >= 15 is 0 Å². The molecular formula is C22H29N3O7. The molecule has 174 valence electrons. The van der Waals surface area contributed by atoms with Gasteiger partial charge in [0.25, 0.3) is 0 Å². The highest BCUT2D eigenvalue weighted by Gasteiger charge is 2.31. The molecule has 0 aromatic heterocycles. The number of likely N-dealkylation sites (tertiary alicyclic amines) is 1. The fraction of sp³-hybridized carbons (Fsp3) is 0.500. The summed E-state index contributed by atoms with van der Waals surface area (Å²) in [5.74, 6) is -0.814. The summed E-state index contributed by atoms with van der Waals surface area (Å²) in [4.78, 5) is 35.4. The molecule has 2 saturated heterocycles. The van der Waals surface area contributed by atoms with Gasteiger partial charge in [0.2, 0.25) is 0 Å². The van der Waals surface area contributed by atoms with E-state index in [-0.39, 0.29) is 12.1 Å². The van der Waals surface area contributed by atoms with Crippen LogP contribution in [0.3, 0.4) is 0 Å². The summed E-state index contributed by atoms with van der Waals surface area (Å²) >= 11 is 0. The van der Waals surface area contributed by atoms with E-state index in [4.69, 9.17) is 19.7 Å². The molecule has 1 atom stereocenters. The number of para-hydroxylation sites is 2. The van der Waals surface area contributed by atoms with Gasteiger partial charge in [-0.1, -0.05) is 12.1 Å². The first-order valence-corrected chi connectivity index (χ1v) is 10.7. The second kappa shape index (κ2) is 11.4. The van der Waals surface area contributed by atoms with Crippen LogP contribution in [-0.4, -0.2) is 89.5 Å². The number of carbonyl (C=O) groups is 3. The van der Waals surface area contributed by atoms with Crippen molar-refractivity contribution in [3.8, 4) is 11.5 Å². The molecule has 1 aromatic carbocycles. The summed E-state index contributed by atoms with van der Waals surface area (Å²) < 4.78 is 11.8. The van der Waals surface area contributed by atoms with E-state index in [0.29, 0.717) is 24.8 Å². The Hall–Kier alpha value is -3.27. The van der Waals surface area contributed by atoms with Crippen LogP contribution in [0.4, 0.5) is 4.79 Å². The van der Waals surface area contributed by atoms with Crippen LogP contribution in [0.15, 0.2) is 36.4 Å². The smallest absolute Gasteiger partial charge is 0.328 e. The van der Waals surface area contributed by atoms with Crippen LogP contribution >= 0.6 is 0 Å². The molecule has 0 aliphatic carbocycles. The van der Waals surface area contributed by atoms with E-state index in [2.05, 4.69) is 10.2 Å². The van der Waals surface area contributed by atoms with E-state index in [9.17, 15) is 14.4 Å². The predicted octanol–water partition coefficient (Wildman–Crippen LogP) is 1.42. The van der Waals surface area contributed by atoms with Gasteiger partial charge in [0.15, 0.2) is 11.5 Å². The molecule has 3 N–H and O–H groups in total. The predicted molar refractivity (Wildman–Crippen MR) is 115 cm³/mol. The molecule has 2 fully saturated rings. The number of benzene rings is 1. The quantitative estimate of drug-likeness (QED) is 0.559. The topological polar surface area (TPSA) is 129 Å². The molecule has 0 spiro atoms. The number of ether oxygens (including phenoxy) is 2. The highest BCUT2D eigenvalue weighted by Crippen LogP contribution is 2.31. The number of rotatable bonds is 6. The van der Waals surface area contributed by atoms with Gasteiger partial charge in [-0.25, -0.2) is 14.4 Å². The van der Waals surface area contributed by atoms with Gasteiger partial charge >= 0.3 is 18.0 Å². The maximum atomic E-state index is 11.8. The molecule has 0 radical (unpaired) electrons. The first-order valence-electron chi connectivity index (χ1n) is 10.7. The zero-order valence-corrected chi connectivity index (χ0v) is 17.8. The average molecular weight is 447 g/mol. The second-order valence-corrected chi connectivity index (χ2v) is 7.79. The number of piperidine rings is 1. The van der Waals surface area contributed by atoms with E-state index in [0.717, 1.165) is 63.5 Å². The molecule has 4 rings (SSSR count). The van der Waals surface area contributed by atoms with Crippen molar-refractivity contribution in [3.63, 3.8) is 0 Å². The Kier molecular flexibility index (Phi) is 8.32. The van der Waals surface area contributed by atoms with Gasteiger partial charge in [-0.3, -0.25) is 0 Å². The van der Waals surface area contributed by atoms with Crippen LogP contribution in [-0.2, 0) is 9.59 Å². The number of carboxylic acids is 2. The molecule has 0 saturated carbocycles. The summed E-state index contributed by atoms with van der Waals surface area (Å²) in [7, 11) is 0. The fourth-order valence-electron chi connectivity index (χ4n) is 3.96. The normalized spacial score (nSPS) is 21.1. The van der Waals surface area contributed by atoms with Crippen molar-refractivity contribution in [1.29, 1.82) is 0 Å². The number of carboxylic acid groups (broad SMARTS) is 2. The Balaban J connectivity index is 0.000000312. The number of hydrogen-bond donors (Lipinski definition) is 3. The summed E-state index contributed by atoms with van der Waals surface area (Å²) in [6, 6.07) is 8.38. The molecule has 3 aliphatic heterocycles. The first-order chi connectivity index (χ1) is 15.4. The molecule has 3 aliphatic rings. The molecule has 32 heavy (non-hydrogen) atoms. The Morgan fingerprint density at radius 2 is 1.72 bits per heavy atom. The Labute approximate surface area is 186 Å². The van der Waals surface area contributed by atoms with Crippen molar-refractivity contribution in [2.75, 3.05) is 39.3 Å². The molecule has 0 bridgehead atoms. The van der Waals surface area contributed by atoms with Crippen molar-refractivity contribution < 1.29 is 34.1 Å². The van der Waals surface area contributed by atoms with Crippen LogP contribution in [0.5, 0.6) is 11.5 Å². The number of amides is 2. The van der Waals surface area contributed by atoms with Crippen LogP contribution in [0.1, 0.15) is 19.3 Å². The lowest BCUT2D eigenvalue weighted by Crippen LogP contribution is -2.46. The summed E-state index contributed by atoms with van der Waals surface area (Å²) in [5, 5.41) is 18.5. The zero-order chi connectivity index (χ0) is 22.9. The number of fused-ring (bicyclic) bond motifs is 1. The molecule has 1 aromatic rings. The standard InChI is InChI=1S/C18H25N3O3.C4H4O4/c22-18-19-8-12-21(18)14-5-9-20(10-6-14)11-7-15-13-23-16-3-1-2-4-17(16)24-15;5-3(6)1-2-4(7)8/h1-4,14-15H,5-13H2,(H,19,22);1-2H,(H,5,6)(H,7,8)/b;2-1+/t15-;/m0./s1. The van der Waals surface area contributed by atoms with E-state index in [1.807, 2.05) is 29.2 Å². The number of nitrogens with one attached hydrogen (secondary N) is 1. The fourth-order valence-corrected chi connectivity index (χ4v) is 3.96. The number of nitrogens with zero attached hydrogens (tertiary/aromatic N) is 2. The third-order valence-corrected chi connectivity index (χ3v) is 5.59. The molecule has 3 heterocycles. The summed E-state index contributed by atoms with van der Waals surface area (Å²) in [6.45, 7) is 5.41. The SMILES string of the molecule is O=C(O)/C=C/C(=O)O.O=C1NCCN1C1CCN(CC[C@H]2COc3ccccc3O2)CC1. The van der Waals surface area contributed by atoms with Gasteiger partial charge < -0.3 is 34.8 Å². The van der Waals surface area contributed by atoms with Crippen molar-refractivity contribution in [3.05, 3.63) is 36.4 Å². The third-order valence-electron chi connectivity index (χ3n) is 5.59. The number of hydrogen-bond acceptors (Lipinski definition) is 6. The first kappa shape index (κ1) is 23.4. The third kappa shape index (κ3) is 6.88. The monoisotopic (exact) mass is 447 g/mol. The van der Waals surface area contributed by atoms with Crippen molar-refractivity contribution in [2.45, 2.75) is 31.4 Å². The Bertz CT molecular complexity index is 821. The number of carbonyl (C=O) groups excluding carboxylic acids is 1. The maximum absolute atomic E-state index is 11.8. The van der Waals surface area contributed by atoms with Gasteiger partial charge in [0, 0.05) is 57.3 Å². The average Bonchev–Trinajstić information content (AvgIpc) is 3.23. The van der Waals surface area contributed by atoms with Gasteiger partial charge in [0.1, 0.15) is 12.7 Å². The van der Waals surface area contributed by atoms with Gasteiger partial charge in [0.05, 0.1) is 0 Å². The zero-order valence-electron chi connectivity index (χ0n) is 17.8. The second-order valence-electron chi connectivity index (χ2n) is 7.79. The minimum absolute atomic E-state index is 0.111. The van der Waals surface area contributed by atoms with Crippen LogP contribution in [0.25, 0.3) is 0 Å². The van der Waals surface area contributed by atoms with Crippen LogP contribution in [0.2, 0.25) is 0 Å². The summed E-state index contributed by atoms with van der Waals surface area (Å²) in [6.07, 6.45) is 4.35. The van der Waals surface area contributed by atoms with Gasteiger partial charge in [-0.2, -0.15) is 0 Å². The minimum atomic E-state index is -1.26. The molecule has 2 amide bonds. The highest BCUT2D eigenvalue weighted by atomic mass is 16.6. The van der Waals surface area contributed by atoms with Gasteiger partial charge in [-0.15, -0.1) is 0 Å². The van der Waals surface area contributed by atoms with Gasteiger partial charge in [-0.05, 0) is 25.0 Å². The van der Waals surface area contributed by atoms with Crippen molar-refractivity contribution >= 4 is 18.0 Å². The lowest BCUT2D eigenvalue weighted by molar-refractivity contribution is -0.134. The largest absolute Gasteiger partial charge is 0.486 e. The van der Waals surface area contributed by atoms with E-state index in [1.54, 1.807) is 0 Å². The lowest BCUT2D eigenvalue weighted by atomic mass is 10.0. The minimum Gasteiger partial charge on any atom is -0.486 e. The Morgan fingerprint density at radius 1 is 1.06 bits per heavy atom. The molecular weight excluding hydrogens is 418 g/mol. The highest BCUT2D eigenvalue weighted by molar-refractivity contribution is 5.89. The van der Waals surface area contributed by atoms with E-state index in [1.165, 1.54) is 0 Å². The van der Waals surface area contributed by atoms with Crippen LogP contribution in [0, 0.1) is 0 Å². The van der Waals surface area contributed by atoms with Crippen molar-refractivity contribution in [2.24, 2.45) is 0 Å². The number of urea groups is 1. The lowest BCUT2D eigenvalue weighted by Gasteiger charge is -2.36. The van der Waals surface area contributed by atoms with E-state index < -0.39 is 11.9 Å². The maximum Gasteiger partial charge on any atom is 0.328 e. The molecule has 0 unspecified atom stereocenters. The number of aliphatic carboxylic acids is 2. The van der Waals surface area contributed by atoms with Crippen LogP contribution < -0.4 is 14.8 Å². The summed E-state index contributed by atoms with van der Waals surface area (Å²) in [5.41, 5.74) is 0.